The van der Waals surface area contributed by atoms with Crippen molar-refractivity contribution in [2.75, 3.05) is 5.32 Å². The molecule has 2 amide bonds. The lowest BCUT2D eigenvalue weighted by Crippen LogP contribution is -2.28. The van der Waals surface area contributed by atoms with Gasteiger partial charge in [0.15, 0.2) is 5.17 Å². The van der Waals surface area contributed by atoms with Crippen LogP contribution in [0.5, 0.6) is 0 Å². The van der Waals surface area contributed by atoms with Crippen LogP contribution in [0, 0.1) is 20.8 Å². The Balaban J connectivity index is 1.66. The van der Waals surface area contributed by atoms with Crippen LogP contribution in [0.25, 0.3) is 0 Å². The van der Waals surface area contributed by atoms with Crippen molar-refractivity contribution in [2.45, 2.75) is 32.4 Å². The second-order valence-electron chi connectivity index (χ2n) is 6.44. The zero-order valence-corrected chi connectivity index (χ0v) is 16.9. The van der Waals surface area contributed by atoms with E-state index in [-0.39, 0.29) is 18.2 Å². The van der Waals surface area contributed by atoms with Gasteiger partial charge in [0.1, 0.15) is 5.25 Å². The quantitative estimate of drug-likeness (QED) is 0.791. The molecule has 0 spiro atoms. The van der Waals surface area contributed by atoms with Crippen molar-refractivity contribution in [1.29, 1.82) is 0 Å². The number of carbonyl (C=O) groups is 2. The minimum absolute atomic E-state index is 0.0858. The monoisotopic (exact) mass is 401 g/mol. The summed E-state index contributed by atoms with van der Waals surface area (Å²) in [7, 11) is 0. The van der Waals surface area contributed by atoms with Gasteiger partial charge in [-0.2, -0.15) is 0 Å². The van der Waals surface area contributed by atoms with Crippen LogP contribution in [0.2, 0.25) is 5.02 Å². The second-order valence-corrected chi connectivity index (χ2v) is 8.07. The maximum absolute atomic E-state index is 12.4. The number of nitrogens with zero attached hydrogens (tertiary/aromatic N) is 1. The minimum atomic E-state index is -0.499. The highest BCUT2D eigenvalue weighted by atomic mass is 35.5. The molecule has 0 bridgehead atoms. The van der Waals surface area contributed by atoms with Gasteiger partial charge in [0.25, 0.3) is 0 Å². The van der Waals surface area contributed by atoms with E-state index in [4.69, 9.17) is 11.6 Å². The number of aryl methyl sites for hydroxylation is 2. The number of anilines is 1. The maximum Gasteiger partial charge on any atom is 0.240 e. The van der Waals surface area contributed by atoms with Crippen molar-refractivity contribution in [2.24, 2.45) is 4.99 Å². The Bertz CT molecular complexity index is 943. The SMILES string of the molecule is Cc1cc(Cl)ccc1N=C1NC(=O)C(CC(=O)Nc2cccc(C)c2C)S1. The fourth-order valence-electron chi connectivity index (χ4n) is 2.70. The Morgan fingerprint density at radius 3 is 2.74 bits per heavy atom. The molecule has 27 heavy (non-hydrogen) atoms. The number of aliphatic imine (C=N–C) groups is 1. The van der Waals surface area contributed by atoms with Gasteiger partial charge in [-0.15, -0.1) is 0 Å². The second kappa shape index (κ2) is 8.15. The molecule has 1 heterocycles. The first-order valence-electron chi connectivity index (χ1n) is 8.52. The topological polar surface area (TPSA) is 70.6 Å². The fourth-order valence-corrected chi connectivity index (χ4v) is 3.91. The number of hydrogen-bond donors (Lipinski definition) is 2. The molecule has 2 aromatic rings. The van der Waals surface area contributed by atoms with Gasteiger partial charge in [-0.1, -0.05) is 35.5 Å². The van der Waals surface area contributed by atoms with E-state index in [2.05, 4.69) is 15.6 Å². The molecule has 1 fully saturated rings. The first-order chi connectivity index (χ1) is 12.8. The van der Waals surface area contributed by atoms with E-state index >= 15 is 0 Å². The van der Waals surface area contributed by atoms with E-state index in [0.717, 1.165) is 28.1 Å². The third kappa shape index (κ3) is 4.70. The van der Waals surface area contributed by atoms with Crippen LogP contribution in [0.15, 0.2) is 41.4 Å². The number of amides is 2. The molecule has 1 aliphatic heterocycles. The van der Waals surface area contributed by atoms with Gasteiger partial charge in [-0.05, 0) is 61.7 Å². The Morgan fingerprint density at radius 1 is 1.22 bits per heavy atom. The Morgan fingerprint density at radius 2 is 2.00 bits per heavy atom. The van der Waals surface area contributed by atoms with Crippen molar-refractivity contribution in [3.63, 3.8) is 0 Å². The molecule has 0 radical (unpaired) electrons. The zero-order valence-electron chi connectivity index (χ0n) is 15.3. The molecule has 1 atom stereocenters. The van der Waals surface area contributed by atoms with Crippen LogP contribution in [-0.2, 0) is 9.59 Å². The first kappa shape index (κ1) is 19.5. The highest BCUT2D eigenvalue weighted by molar-refractivity contribution is 8.15. The summed E-state index contributed by atoms with van der Waals surface area (Å²) >= 11 is 7.22. The van der Waals surface area contributed by atoms with Crippen molar-refractivity contribution >= 4 is 51.7 Å². The molecule has 7 heteroatoms. The molecule has 0 aromatic heterocycles. The summed E-state index contributed by atoms with van der Waals surface area (Å²) < 4.78 is 0. The van der Waals surface area contributed by atoms with Crippen LogP contribution in [0.1, 0.15) is 23.1 Å². The van der Waals surface area contributed by atoms with Crippen LogP contribution in [-0.4, -0.2) is 22.2 Å². The van der Waals surface area contributed by atoms with Gasteiger partial charge in [0.2, 0.25) is 11.8 Å². The molecule has 1 unspecified atom stereocenters. The van der Waals surface area contributed by atoms with Crippen molar-refractivity contribution in [1.82, 2.24) is 5.32 Å². The van der Waals surface area contributed by atoms with Gasteiger partial charge in [-0.25, -0.2) is 4.99 Å². The number of thioether (sulfide) groups is 1. The van der Waals surface area contributed by atoms with Crippen molar-refractivity contribution < 1.29 is 9.59 Å². The van der Waals surface area contributed by atoms with Gasteiger partial charge >= 0.3 is 0 Å². The number of hydrogen-bond acceptors (Lipinski definition) is 4. The summed E-state index contributed by atoms with van der Waals surface area (Å²) in [4.78, 5) is 29.1. The number of halogens is 1. The molecule has 2 aromatic carbocycles. The standard InChI is InChI=1S/C20H20ClN3O2S/c1-11-5-4-6-16(13(11)3)22-18(25)10-17-19(26)24-20(27-17)23-15-8-7-14(21)9-12(15)2/h4-9,17H,10H2,1-3H3,(H,22,25)(H,23,24,26). The summed E-state index contributed by atoms with van der Waals surface area (Å²) in [5.74, 6) is -0.401. The molecule has 2 N–H and O–H groups in total. The predicted octanol–water partition coefficient (Wildman–Crippen LogP) is 4.51. The third-order valence-corrected chi connectivity index (χ3v) is 5.72. The fraction of sp³-hybridized carbons (Fsp3) is 0.250. The molecular weight excluding hydrogens is 382 g/mol. The molecule has 1 aliphatic rings. The van der Waals surface area contributed by atoms with E-state index < -0.39 is 5.25 Å². The largest absolute Gasteiger partial charge is 0.326 e. The maximum atomic E-state index is 12.4. The average Bonchev–Trinajstić information content (AvgIpc) is 2.94. The lowest BCUT2D eigenvalue weighted by Gasteiger charge is -2.11. The lowest BCUT2D eigenvalue weighted by molar-refractivity contribution is -0.122. The Labute approximate surface area is 167 Å². The Kier molecular flexibility index (Phi) is 5.87. The normalized spacial score (nSPS) is 17.9. The molecule has 140 valence electrons. The summed E-state index contributed by atoms with van der Waals surface area (Å²) in [6.07, 6.45) is 0.0858. The number of benzene rings is 2. The van der Waals surface area contributed by atoms with Crippen LogP contribution < -0.4 is 10.6 Å². The van der Waals surface area contributed by atoms with E-state index in [9.17, 15) is 9.59 Å². The van der Waals surface area contributed by atoms with Gasteiger partial charge in [0, 0.05) is 17.1 Å². The molecule has 0 saturated carbocycles. The first-order valence-corrected chi connectivity index (χ1v) is 9.77. The summed E-state index contributed by atoms with van der Waals surface area (Å²) in [6, 6.07) is 11.1. The summed E-state index contributed by atoms with van der Waals surface area (Å²) in [6.45, 7) is 5.86. The average molecular weight is 402 g/mol. The van der Waals surface area contributed by atoms with E-state index in [1.54, 1.807) is 12.1 Å². The number of carbonyl (C=O) groups excluding carboxylic acids is 2. The van der Waals surface area contributed by atoms with Crippen LogP contribution in [0.3, 0.4) is 0 Å². The van der Waals surface area contributed by atoms with Crippen molar-refractivity contribution in [3.05, 3.63) is 58.1 Å². The van der Waals surface area contributed by atoms with Crippen LogP contribution in [0.4, 0.5) is 11.4 Å². The lowest BCUT2D eigenvalue weighted by atomic mass is 10.1. The molecule has 1 saturated heterocycles. The molecule has 3 rings (SSSR count). The molecule has 0 aliphatic carbocycles. The Hall–Kier alpha value is -2.31. The number of rotatable bonds is 4. The van der Waals surface area contributed by atoms with Gasteiger partial charge < -0.3 is 10.6 Å². The zero-order chi connectivity index (χ0) is 19.6. The summed E-state index contributed by atoms with van der Waals surface area (Å²) in [5, 5.41) is 6.27. The summed E-state index contributed by atoms with van der Waals surface area (Å²) in [5.41, 5.74) is 4.56. The number of amidine groups is 1. The van der Waals surface area contributed by atoms with E-state index in [0.29, 0.717) is 10.2 Å². The van der Waals surface area contributed by atoms with Gasteiger partial charge in [0.05, 0.1) is 5.69 Å². The van der Waals surface area contributed by atoms with E-state index in [1.165, 1.54) is 11.8 Å². The van der Waals surface area contributed by atoms with E-state index in [1.807, 2.05) is 45.0 Å². The smallest absolute Gasteiger partial charge is 0.240 e. The van der Waals surface area contributed by atoms with Crippen LogP contribution >= 0.6 is 23.4 Å². The van der Waals surface area contributed by atoms with Gasteiger partial charge in [-0.3, -0.25) is 9.59 Å². The minimum Gasteiger partial charge on any atom is -0.326 e. The molecule has 5 nitrogen and oxygen atoms in total. The molecular formula is C20H20ClN3O2S. The predicted molar refractivity (Wildman–Crippen MR) is 112 cm³/mol. The van der Waals surface area contributed by atoms with Crippen molar-refractivity contribution in [3.8, 4) is 0 Å². The third-order valence-electron chi connectivity index (χ3n) is 4.41. The number of nitrogens with one attached hydrogen (secondary N) is 2. The highest BCUT2D eigenvalue weighted by Gasteiger charge is 2.32. The highest BCUT2D eigenvalue weighted by Crippen LogP contribution is 2.28.